The van der Waals surface area contributed by atoms with Gasteiger partial charge in [-0.05, 0) is 12.1 Å². The maximum absolute atomic E-state index is 10.3. The second-order valence-corrected chi connectivity index (χ2v) is 3.63. The zero-order valence-electron chi connectivity index (χ0n) is 6.71. The molecule has 0 aromatic heterocycles. The predicted molar refractivity (Wildman–Crippen MR) is 50.8 cm³/mol. The van der Waals surface area contributed by atoms with E-state index in [1.54, 1.807) is 12.1 Å². The summed E-state index contributed by atoms with van der Waals surface area (Å²) in [6.07, 6.45) is 1.16. The highest BCUT2D eigenvalue weighted by Crippen LogP contribution is 2.04. The van der Waals surface area contributed by atoms with Crippen LogP contribution in [0.4, 0.5) is 5.69 Å². The molecule has 4 nitrogen and oxygen atoms in total. The molecule has 1 aromatic rings. The quantitative estimate of drug-likeness (QED) is 0.723. The van der Waals surface area contributed by atoms with E-state index < -0.39 is 10.1 Å². The van der Waals surface area contributed by atoms with Crippen LogP contribution in [0.15, 0.2) is 41.9 Å². The molecule has 0 spiro atoms. The van der Waals surface area contributed by atoms with Crippen molar-refractivity contribution >= 4 is 15.8 Å². The fourth-order valence-corrected chi connectivity index (χ4v) is 0.991. The molecule has 13 heavy (non-hydrogen) atoms. The van der Waals surface area contributed by atoms with Crippen LogP contribution in [0.25, 0.3) is 0 Å². The molecule has 1 aromatic carbocycles. The second-order valence-electron chi connectivity index (χ2n) is 2.33. The third kappa shape index (κ3) is 4.29. The van der Waals surface area contributed by atoms with E-state index in [1.165, 1.54) is 0 Å². The Labute approximate surface area is 76.7 Å². The Morgan fingerprint density at radius 1 is 1.23 bits per heavy atom. The Morgan fingerprint density at radius 2 is 1.85 bits per heavy atom. The summed E-state index contributed by atoms with van der Waals surface area (Å²) in [7, 11) is -4.04. The first-order valence-electron chi connectivity index (χ1n) is 3.53. The molecule has 0 heterocycles. The molecule has 0 unspecified atom stereocenters. The summed E-state index contributed by atoms with van der Waals surface area (Å²) >= 11 is 0. The number of para-hydroxylation sites is 1. The van der Waals surface area contributed by atoms with Crippen molar-refractivity contribution in [3.05, 3.63) is 41.9 Å². The Hall–Kier alpha value is -1.33. The minimum absolute atomic E-state index is 0.681. The van der Waals surface area contributed by atoms with Crippen LogP contribution in [0.2, 0.25) is 0 Å². The summed E-state index contributed by atoms with van der Waals surface area (Å²) in [6.45, 7) is 0. The molecule has 0 aliphatic heterocycles. The third-order valence-corrected chi connectivity index (χ3v) is 1.74. The van der Waals surface area contributed by atoms with Gasteiger partial charge in [0.25, 0.3) is 10.1 Å². The van der Waals surface area contributed by atoms with Crippen LogP contribution in [0.3, 0.4) is 0 Å². The van der Waals surface area contributed by atoms with Crippen LogP contribution in [0.1, 0.15) is 0 Å². The highest BCUT2D eigenvalue weighted by molar-refractivity contribution is 7.88. The van der Waals surface area contributed by atoms with E-state index in [9.17, 15) is 8.42 Å². The van der Waals surface area contributed by atoms with Gasteiger partial charge in [0, 0.05) is 11.9 Å². The van der Waals surface area contributed by atoms with Gasteiger partial charge in [-0.15, -0.1) is 0 Å². The van der Waals surface area contributed by atoms with E-state index in [0.717, 1.165) is 11.9 Å². The summed E-state index contributed by atoms with van der Waals surface area (Å²) in [5.41, 5.74) is 0.752. The van der Waals surface area contributed by atoms with Gasteiger partial charge >= 0.3 is 0 Å². The minimum atomic E-state index is -4.04. The first-order chi connectivity index (χ1) is 6.08. The van der Waals surface area contributed by atoms with Crippen molar-refractivity contribution in [2.24, 2.45) is 0 Å². The number of anilines is 1. The van der Waals surface area contributed by atoms with Crippen molar-refractivity contribution in [3.63, 3.8) is 0 Å². The van der Waals surface area contributed by atoms with Gasteiger partial charge in [0.15, 0.2) is 0 Å². The largest absolute Gasteiger partial charge is 0.361 e. The van der Waals surface area contributed by atoms with Crippen LogP contribution in [0, 0.1) is 0 Å². The van der Waals surface area contributed by atoms with Crippen molar-refractivity contribution in [1.29, 1.82) is 0 Å². The number of benzene rings is 1. The van der Waals surface area contributed by atoms with Crippen molar-refractivity contribution in [2.45, 2.75) is 0 Å². The van der Waals surface area contributed by atoms with Gasteiger partial charge in [0.05, 0.1) is 5.41 Å². The fourth-order valence-electron chi connectivity index (χ4n) is 0.751. The Balaban J connectivity index is 2.59. The number of nitrogens with one attached hydrogen (secondary N) is 1. The van der Waals surface area contributed by atoms with E-state index in [4.69, 9.17) is 4.55 Å². The van der Waals surface area contributed by atoms with E-state index in [2.05, 4.69) is 5.32 Å². The molecular formula is C8H9NO3S. The number of hydrogen-bond donors (Lipinski definition) is 2. The SMILES string of the molecule is O=S(=O)(O)C=CNc1ccccc1. The van der Waals surface area contributed by atoms with Gasteiger partial charge in [-0.25, -0.2) is 0 Å². The molecule has 0 radical (unpaired) electrons. The minimum Gasteiger partial charge on any atom is -0.361 e. The fraction of sp³-hybridized carbons (Fsp3) is 0. The van der Waals surface area contributed by atoms with Crippen molar-refractivity contribution in [1.82, 2.24) is 0 Å². The molecular weight excluding hydrogens is 190 g/mol. The lowest BCUT2D eigenvalue weighted by Crippen LogP contribution is -1.93. The Morgan fingerprint density at radius 3 is 2.38 bits per heavy atom. The van der Waals surface area contributed by atoms with Crippen LogP contribution in [0.5, 0.6) is 0 Å². The predicted octanol–water partition coefficient (Wildman–Crippen LogP) is 1.46. The average Bonchev–Trinajstić information content (AvgIpc) is 2.04. The molecule has 2 N–H and O–H groups in total. The van der Waals surface area contributed by atoms with Crippen molar-refractivity contribution in [3.8, 4) is 0 Å². The zero-order valence-corrected chi connectivity index (χ0v) is 7.53. The molecule has 0 amide bonds. The summed E-state index contributed by atoms with van der Waals surface area (Å²) in [5.74, 6) is 0. The lowest BCUT2D eigenvalue weighted by atomic mass is 10.3. The first kappa shape index (κ1) is 9.76. The molecule has 0 aliphatic rings. The average molecular weight is 199 g/mol. The summed E-state index contributed by atoms with van der Waals surface area (Å²) < 4.78 is 28.8. The molecule has 70 valence electrons. The topological polar surface area (TPSA) is 66.4 Å². The lowest BCUT2D eigenvalue weighted by Gasteiger charge is -1.97. The standard InChI is InChI=1S/C8H9NO3S/c10-13(11,12)7-6-9-8-4-2-1-3-5-8/h1-7,9H,(H,10,11,12). The van der Waals surface area contributed by atoms with E-state index >= 15 is 0 Å². The van der Waals surface area contributed by atoms with Crippen LogP contribution >= 0.6 is 0 Å². The lowest BCUT2D eigenvalue weighted by molar-refractivity contribution is 0.494. The van der Waals surface area contributed by atoms with Gasteiger partial charge in [0.2, 0.25) is 0 Å². The molecule has 0 bridgehead atoms. The third-order valence-electron chi connectivity index (χ3n) is 1.26. The number of hydrogen-bond acceptors (Lipinski definition) is 3. The van der Waals surface area contributed by atoms with Gasteiger partial charge < -0.3 is 5.32 Å². The highest BCUT2D eigenvalue weighted by Gasteiger charge is 1.93. The smallest absolute Gasteiger partial charge is 0.289 e. The van der Waals surface area contributed by atoms with E-state index in [1.807, 2.05) is 18.2 Å². The molecule has 5 heteroatoms. The highest BCUT2D eigenvalue weighted by atomic mass is 32.2. The van der Waals surface area contributed by atoms with Crippen molar-refractivity contribution < 1.29 is 13.0 Å². The zero-order chi connectivity index (χ0) is 9.73. The van der Waals surface area contributed by atoms with Crippen LogP contribution < -0.4 is 5.32 Å². The number of rotatable bonds is 3. The van der Waals surface area contributed by atoms with E-state index in [-0.39, 0.29) is 0 Å². The van der Waals surface area contributed by atoms with Crippen LogP contribution in [-0.2, 0) is 10.1 Å². The summed E-state index contributed by atoms with van der Waals surface area (Å²) in [5, 5.41) is 3.36. The van der Waals surface area contributed by atoms with Crippen LogP contribution in [-0.4, -0.2) is 13.0 Å². The summed E-state index contributed by atoms with van der Waals surface area (Å²) in [4.78, 5) is 0. The normalized spacial score (nSPS) is 11.8. The molecule has 0 saturated heterocycles. The molecule has 0 fully saturated rings. The maximum Gasteiger partial charge on any atom is 0.289 e. The summed E-state index contributed by atoms with van der Waals surface area (Å²) in [6, 6.07) is 9.01. The maximum atomic E-state index is 10.3. The molecule has 1 rings (SSSR count). The second kappa shape index (κ2) is 4.06. The van der Waals surface area contributed by atoms with Gasteiger partial charge in [-0.2, -0.15) is 8.42 Å². The molecule has 0 aliphatic carbocycles. The van der Waals surface area contributed by atoms with Crippen molar-refractivity contribution in [2.75, 3.05) is 5.32 Å². The van der Waals surface area contributed by atoms with Gasteiger partial charge in [0.1, 0.15) is 0 Å². The van der Waals surface area contributed by atoms with Gasteiger partial charge in [-0.3, -0.25) is 4.55 Å². The van der Waals surface area contributed by atoms with E-state index in [0.29, 0.717) is 5.41 Å². The molecule has 0 atom stereocenters. The Kier molecular flexibility index (Phi) is 3.05. The van der Waals surface area contributed by atoms with Gasteiger partial charge in [-0.1, -0.05) is 18.2 Å². The Bertz CT molecular complexity index is 383. The first-order valence-corrected chi connectivity index (χ1v) is 5.04. The monoisotopic (exact) mass is 199 g/mol. The molecule has 0 saturated carbocycles.